The molecule has 1 aliphatic rings. The van der Waals surface area contributed by atoms with Crippen LogP contribution in [0.1, 0.15) is 25.5 Å². The average Bonchev–Trinajstić information content (AvgIpc) is 3.00. The van der Waals surface area contributed by atoms with Gasteiger partial charge >= 0.3 is 0 Å². The highest BCUT2D eigenvalue weighted by Gasteiger charge is 2.26. The van der Waals surface area contributed by atoms with Crippen LogP contribution in [-0.4, -0.2) is 32.2 Å². The molecule has 0 saturated carbocycles. The summed E-state index contributed by atoms with van der Waals surface area (Å²) in [5.74, 6) is -1.33. The standard InChI is InChI=1S/C22H20ClF2N5O/c1-13(8-9-26)31-15-10-16(24)18(17(25)11-15)19-20(14-6-4-2-3-5-7-14)30-22(27-12-28-30)29-21(19)23/h2-6,10-13H,7-9,26H2,1H3. The number of allylic oxidation sites excluding steroid dienone is 6. The molecular weight excluding hydrogens is 424 g/mol. The fourth-order valence-electron chi connectivity index (χ4n) is 3.47. The van der Waals surface area contributed by atoms with Gasteiger partial charge in [-0.3, -0.25) is 0 Å². The van der Waals surface area contributed by atoms with E-state index in [4.69, 9.17) is 22.1 Å². The maximum Gasteiger partial charge on any atom is 0.254 e. The average molecular weight is 444 g/mol. The highest BCUT2D eigenvalue weighted by Crippen LogP contribution is 2.40. The zero-order valence-corrected chi connectivity index (χ0v) is 17.5. The van der Waals surface area contributed by atoms with Crippen LogP contribution in [0.4, 0.5) is 8.78 Å². The number of hydrogen-bond donors (Lipinski definition) is 1. The molecule has 0 aliphatic heterocycles. The predicted octanol–water partition coefficient (Wildman–Crippen LogP) is 4.74. The van der Waals surface area contributed by atoms with Crippen molar-refractivity contribution in [3.05, 3.63) is 71.3 Å². The van der Waals surface area contributed by atoms with Crippen molar-refractivity contribution in [1.29, 1.82) is 0 Å². The van der Waals surface area contributed by atoms with E-state index in [9.17, 15) is 0 Å². The summed E-state index contributed by atoms with van der Waals surface area (Å²) in [6.07, 6.45) is 11.5. The molecule has 2 heterocycles. The van der Waals surface area contributed by atoms with E-state index >= 15 is 8.78 Å². The van der Waals surface area contributed by atoms with E-state index < -0.39 is 11.6 Å². The Morgan fingerprint density at radius 1 is 1.19 bits per heavy atom. The van der Waals surface area contributed by atoms with Gasteiger partial charge in [0.25, 0.3) is 5.78 Å². The van der Waals surface area contributed by atoms with Gasteiger partial charge in [0.2, 0.25) is 0 Å². The molecule has 2 aromatic heterocycles. The Balaban J connectivity index is 1.91. The molecule has 0 amide bonds. The van der Waals surface area contributed by atoms with Gasteiger partial charge in [0.05, 0.1) is 22.9 Å². The van der Waals surface area contributed by atoms with Gasteiger partial charge < -0.3 is 10.5 Å². The predicted molar refractivity (Wildman–Crippen MR) is 116 cm³/mol. The number of ether oxygens (including phenoxy) is 1. The van der Waals surface area contributed by atoms with Crippen molar-refractivity contribution in [2.45, 2.75) is 25.9 Å². The second-order valence-corrected chi connectivity index (χ2v) is 7.43. The maximum atomic E-state index is 15.2. The van der Waals surface area contributed by atoms with Crippen LogP contribution in [-0.2, 0) is 0 Å². The van der Waals surface area contributed by atoms with E-state index in [2.05, 4.69) is 15.1 Å². The molecule has 0 fully saturated rings. The Bertz CT molecular complexity index is 1200. The highest BCUT2D eigenvalue weighted by atomic mass is 35.5. The monoisotopic (exact) mass is 443 g/mol. The van der Waals surface area contributed by atoms with Crippen LogP contribution in [0.25, 0.3) is 22.5 Å². The molecule has 0 saturated heterocycles. The summed E-state index contributed by atoms with van der Waals surface area (Å²) in [5, 5.41) is 4.13. The maximum absolute atomic E-state index is 15.2. The minimum Gasteiger partial charge on any atom is -0.490 e. The van der Waals surface area contributed by atoms with Gasteiger partial charge in [0.15, 0.2) is 0 Å². The number of fused-ring (bicyclic) bond motifs is 1. The first-order chi connectivity index (χ1) is 15.0. The molecule has 1 atom stereocenters. The SMILES string of the molecule is CC(CCN)Oc1cc(F)c(-c2c(Cl)nc3ncnn3c2C2=CC=CC=CC2)c(F)c1. The summed E-state index contributed by atoms with van der Waals surface area (Å²) in [6, 6.07) is 2.27. The topological polar surface area (TPSA) is 78.3 Å². The Hall–Kier alpha value is -3.10. The summed E-state index contributed by atoms with van der Waals surface area (Å²) in [7, 11) is 0. The van der Waals surface area contributed by atoms with E-state index in [0.29, 0.717) is 25.1 Å². The van der Waals surface area contributed by atoms with E-state index in [-0.39, 0.29) is 33.9 Å². The third-order valence-corrected chi connectivity index (χ3v) is 5.13. The number of nitrogens with two attached hydrogens (primary N) is 1. The Morgan fingerprint density at radius 3 is 2.71 bits per heavy atom. The second-order valence-electron chi connectivity index (χ2n) is 7.07. The molecule has 160 valence electrons. The summed E-state index contributed by atoms with van der Waals surface area (Å²) >= 11 is 6.44. The first-order valence-electron chi connectivity index (χ1n) is 9.77. The van der Waals surface area contributed by atoms with E-state index in [0.717, 1.165) is 17.7 Å². The lowest BCUT2D eigenvalue weighted by Gasteiger charge is -2.18. The zero-order chi connectivity index (χ0) is 22.0. The van der Waals surface area contributed by atoms with Crippen molar-refractivity contribution < 1.29 is 13.5 Å². The van der Waals surface area contributed by atoms with Crippen LogP contribution >= 0.6 is 11.6 Å². The first-order valence-corrected chi connectivity index (χ1v) is 10.2. The van der Waals surface area contributed by atoms with Crippen LogP contribution in [0.5, 0.6) is 5.75 Å². The molecule has 1 aromatic carbocycles. The number of aromatic nitrogens is 4. The summed E-state index contributed by atoms with van der Waals surface area (Å²) in [4.78, 5) is 8.26. The van der Waals surface area contributed by atoms with Crippen molar-refractivity contribution in [3.63, 3.8) is 0 Å². The number of halogens is 3. The van der Waals surface area contributed by atoms with Crippen molar-refractivity contribution in [2.24, 2.45) is 5.73 Å². The smallest absolute Gasteiger partial charge is 0.254 e. The van der Waals surface area contributed by atoms with Gasteiger partial charge in [-0.05, 0) is 31.9 Å². The zero-order valence-electron chi connectivity index (χ0n) is 16.7. The molecule has 1 unspecified atom stereocenters. The molecule has 31 heavy (non-hydrogen) atoms. The minimum atomic E-state index is -0.820. The third-order valence-electron chi connectivity index (χ3n) is 4.86. The molecule has 1 aliphatic carbocycles. The van der Waals surface area contributed by atoms with Crippen molar-refractivity contribution >= 4 is 23.0 Å². The summed E-state index contributed by atoms with van der Waals surface area (Å²) < 4.78 is 37.5. The van der Waals surface area contributed by atoms with Gasteiger partial charge in [-0.15, -0.1) is 0 Å². The fraction of sp³-hybridized carbons (Fsp3) is 0.227. The number of hydrogen-bond acceptors (Lipinski definition) is 5. The Labute approximate surface area is 182 Å². The van der Waals surface area contributed by atoms with E-state index in [1.807, 2.05) is 30.4 Å². The van der Waals surface area contributed by atoms with Gasteiger partial charge in [0, 0.05) is 12.1 Å². The first kappa shape index (κ1) is 21.1. The highest BCUT2D eigenvalue weighted by molar-refractivity contribution is 6.32. The molecule has 6 nitrogen and oxygen atoms in total. The fourth-order valence-corrected chi connectivity index (χ4v) is 3.73. The van der Waals surface area contributed by atoms with Gasteiger partial charge in [-0.25, -0.2) is 8.78 Å². The molecule has 9 heteroatoms. The lowest BCUT2D eigenvalue weighted by molar-refractivity contribution is 0.212. The van der Waals surface area contributed by atoms with E-state index in [1.165, 1.54) is 10.8 Å². The van der Waals surface area contributed by atoms with Crippen LogP contribution in [0.2, 0.25) is 5.15 Å². The lowest BCUT2D eigenvalue weighted by Crippen LogP contribution is -2.17. The second kappa shape index (κ2) is 8.95. The molecule has 3 aromatic rings. The van der Waals surface area contributed by atoms with Crippen molar-refractivity contribution in [1.82, 2.24) is 19.6 Å². The lowest BCUT2D eigenvalue weighted by atomic mass is 9.97. The van der Waals surface area contributed by atoms with Crippen molar-refractivity contribution in [2.75, 3.05) is 6.54 Å². The third kappa shape index (κ3) is 4.22. The largest absolute Gasteiger partial charge is 0.490 e. The molecular formula is C22H20ClF2N5O. The van der Waals surface area contributed by atoms with Gasteiger partial charge in [0.1, 0.15) is 28.9 Å². The van der Waals surface area contributed by atoms with Gasteiger partial charge in [-0.1, -0.05) is 42.0 Å². The Morgan fingerprint density at radius 2 is 1.97 bits per heavy atom. The van der Waals surface area contributed by atoms with Gasteiger partial charge in [-0.2, -0.15) is 19.6 Å². The number of nitrogens with zero attached hydrogens (tertiary/aromatic N) is 4. The molecule has 0 bridgehead atoms. The van der Waals surface area contributed by atoms with E-state index in [1.54, 1.807) is 6.92 Å². The van der Waals surface area contributed by atoms with Crippen LogP contribution in [0.3, 0.4) is 0 Å². The van der Waals surface area contributed by atoms with Crippen LogP contribution in [0.15, 0.2) is 48.8 Å². The quantitative estimate of drug-likeness (QED) is 0.557. The van der Waals surface area contributed by atoms with Crippen molar-refractivity contribution in [3.8, 4) is 16.9 Å². The molecule has 0 radical (unpaired) electrons. The Kier molecular flexibility index (Phi) is 6.11. The number of benzene rings is 1. The van der Waals surface area contributed by atoms with Crippen LogP contribution < -0.4 is 10.5 Å². The molecule has 4 rings (SSSR count). The number of rotatable bonds is 6. The molecule has 2 N–H and O–H groups in total. The van der Waals surface area contributed by atoms with Crippen LogP contribution in [0, 0.1) is 11.6 Å². The normalized spacial score (nSPS) is 14.5. The summed E-state index contributed by atoms with van der Waals surface area (Å²) in [6.45, 7) is 2.19. The summed E-state index contributed by atoms with van der Waals surface area (Å²) in [5.41, 5.74) is 6.50. The molecule has 0 spiro atoms. The minimum absolute atomic E-state index is 0.0726.